The molecule has 0 aliphatic rings. The Morgan fingerprint density at radius 1 is 1.38 bits per heavy atom. The van der Waals surface area contributed by atoms with E-state index in [0.717, 1.165) is 5.56 Å². The molecule has 0 bridgehead atoms. The van der Waals surface area contributed by atoms with Gasteiger partial charge in [-0.05, 0) is 24.8 Å². The van der Waals surface area contributed by atoms with Gasteiger partial charge in [-0.15, -0.1) is 0 Å². The molecule has 0 aromatic carbocycles. The number of aromatic nitrogens is 2. The fraction of sp³-hybridized carbons (Fsp3) is 0.667. The number of carboxylic acids is 1. The lowest BCUT2D eigenvalue weighted by molar-refractivity contribution is -0.147. The van der Waals surface area contributed by atoms with Gasteiger partial charge in [-0.25, -0.2) is 0 Å². The van der Waals surface area contributed by atoms with E-state index >= 15 is 0 Å². The summed E-state index contributed by atoms with van der Waals surface area (Å²) in [6, 6.07) is 0. The van der Waals surface area contributed by atoms with E-state index in [1.807, 2.05) is 6.20 Å². The molecule has 90 valence electrons. The maximum atomic E-state index is 11.0. The second kappa shape index (κ2) is 3.92. The molecule has 16 heavy (non-hydrogen) atoms. The fourth-order valence-electron chi connectivity index (χ4n) is 1.31. The minimum atomic E-state index is -0.805. The number of rotatable bonds is 3. The Bertz CT molecular complexity index is 386. The van der Waals surface area contributed by atoms with Crippen molar-refractivity contribution in [3.05, 3.63) is 18.0 Å². The van der Waals surface area contributed by atoms with Crippen molar-refractivity contribution in [2.45, 2.75) is 46.6 Å². The zero-order valence-corrected chi connectivity index (χ0v) is 10.6. The lowest BCUT2D eigenvalue weighted by atomic mass is 9.89. The van der Waals surface area contributed by atoms with Crippen LogP contribution in [0.4, 0.5) is 0 Å². The van der Waals surface area contributed by atoms with Crippen molar-refractivity contribution in [1.29, 1.82) is 0 Å². The monoisotopic (exact) mass is 224 g/mol. The van der Waals surface area contributed by atoms with Gasteiger partial charge in [-0.1, -0.05) is 20.8 Å². The first-order valence-corrected chi connectivity index (χ1v) is 5.39. The van der Waals surface area contributed by atoms with Crippen molar-refractivity contribution in [1.82, 2.24) is 9.78 Å². The molecule has 0 aliphatic heterocycles. The van der Waals surface area contributed by atoms with Crippen LogP contribution in [0.3, 0.4) is 0 Å². The van der Waals surface area contributed by atoms with Crippen molar-refractivity contribution in [3.63, 3.8) is 0 Å². The molecule has 4 heteroatoms. The van der Waals surface area contributed by atoms with E-state index in [9.17, 15) is 4.79 Å². The van der Waals surface area contributed by atoms with E-state index < -0.39 is 11.4 Å². The first kappa shape index (κ1) is 12.7. The Labute approximate surface area is 96.3 Å². The SMILES string of the molecule is CC(C)(Cn1cc(C(C)(C)C)cn1)C(=O)O. The van der Waals surface area contributed by atoms with Gasteiger partial charge in [0, 0.05) is 6.20 Å². The smallest absolute Gasteiger partial charge is 0.310 e. The zero-order valence-electron chi connectivity index (χ0n) is 10.6. The lowest BCUT2D eigenvalue weighted by Gasteiger charge is -2.19. The molecule has 0 amide bonds. The van der Waals surface area contributed by atoms with Gasteiger partial charge in [0.05, 0.1) is 18.2 Å². The average Bonchev–Trinajstić information content (AvgIpc) is 2.50. The molecular weight excluding hydrogens is 204 g/mol. The minimum absolute atomic E-state index is 0.0472. The average molecular weight is 224 g/mol. The van der Waals surface area contributed by atoms with Crippen molar-refractivity contribution in [2.75, 3.05) is 0 Å². The molecule has 0 saturated heterocycles. The van der Waals surface area contributed by atoms with E-state index in [0.29, 0.717) is 6.54 Å². The van der Waals surface area contributed by atoms with Crippen LogP contribution in [0.5, 0.6) is 0 Å². The van der Waals surface area contributed by atoms with Crippen LogP contribution in [0, 0.1) is 5.41 Å². The number of aliphatic carboxylic acids is 1. The molecule has 1 aromatic rings. The lowest BCUT2D eigenvalue weighted by Crippen LogP contribution is -2.29. The third-order valence-electron chi connectivity index (χ3n) is 2.64. The summed E-state index contributed by atoms with van der Waals surface area (Å²) < 4.78 is 1.70. The Balaban J connectivity index is 2.85. The Kier molecular flexibility index (Phi) is 3.13. The number of hydrogen-bond acceptors (Lipinski definition) is 2. The Morgan fingerprint density at radius 2 is 1.94 bits per heavy atom. The maximum Gasteiger partial charge on any atom is 0.310 e. The van der Waals surface area contributed by atoms with E-state index in [2.05, 4.69) is 25.9 Å². The second-order valence-electron chi connectivity index (χ2n) is 5.87. The highest BCUT2D eigenvalue weighted by Gasteiger charge is 2.28. The number of nitrogens with zero attached hydrogens (tertiary/aromatic N) is 2. The molecule has 1 aromatic heterocycles. The van der Waals surface area contributed by atoms with Gasteiger partial charge in [0.25, 0.3) is 0 Å². The van der Waals surface area contributed by atoms with Crippen molar-refractivity contribution < 1.29 is 9.90 Å². The number of hydrogen-bond donors (Lipinski definition) is 1. The summed E-state index contributed by atoms with van der Waals surface area (Å²) in [6.07, 6.45) is 3.72. The molecule has 1 heterocycles. The third-order valence-corrected chi connectivity index (χ3v) is 2.64. The highest BCUT2D eigenvalue weighted by molar-refractivity contribution is 5.73. The zero-order chi connectivity index (χ0) is 12.6. The van der Waals surface area contributed by atoms with Gasteiger partial charge >= 0.3 is 5.97 Å². The largest absolute Gasteiger partial charge is 0.481 e. The molecule has 4 nitrogen and oxygen atoms in total. The highest BCUT2D eigenvalue weighted by Crippen LogP contribution is 2.23. The van der Waals surface area contributed by atoms with E-state index in [1.54, 1.807) is 24.7 Å². The van der Waals surface area contributed by atoms with Crippen LogP contribution >= 0.6 is 0 Å². The molecule has 1 N–H and O–H groups in total. The normalized spacial score (nSPS) is 12.8. The molecule has 1 rings (SSSR count). The first-order chi connectivity index (χ1) is 7.13. The van der Waals surface area contributed by atoms with Gasteiger partial charge in [0.15, 0.2) is 0 Å². The topological polar surface area (TPSA) is 55.1 Å². The molecule has 0 spiro atoms. The van der Waals surface area contributed by atoms with E-state index in [1.165, 1.54) is 0 Å². The summed E-state index contributed by atoms with van der Waals surface area (Å²) in [5.74, 6) is -0.805. The predicted octanol–water partition coefficient (Wildman–Crippen LogP) is 2.29. The predicted molar refractivity (Wildman–Crippen MR) is 62.3 cm³/mol. The van der Waals surface area contributed by atoms with Crippen LogP contribution in [0.25, 0.3) is 0 Å². The van der Waals surface area contributed by atoms with Crippen molar-refractivity contribution in [3.8, 4) is 0 Å². The quantitative estimate of drug-likeness (QED) is 0.857. The molecule has 0 unspecified atom stereocenters. The van der Waals surface area contributed by atoms with Gasteiger partial charge in [0.2, 0.25) is 0 Å². The summed E-state index contributed by atoms with van der Waals surface area (Å²) >= 11 is 0. The summed E-state index contributed by atoms with van der Waals surface area (Å²) in [5.41, 5.74) is 0.376. The molecule has 0 fully saturated rings. The minimum Gasteiger partial charge on any atom is -0.481 e. The molecule has 0 aliphatic carbocycles. The van der Waals surface area contributed by atoms with Gasteiger partial charge in [-0.3, -0.25) is 9.48 Å². The van der Waals surface area contributed by atoms with E-state index in [4.69, 9.17) is 5.11 Å². The molecule has 0 radical (unpaired) electrons. The van der Waals surface area contributed by atoms with Gasteiger partial charge in [0.1, 0.15) is 0 Å². The van der Waals surface area contributed by atoms with Crippen molar-refractivity contribution in [2.24, 2.45) is 5.41 Å². The summed E-state index contributed by atoms with van der Waals surface area (Å²) in [7, 11) is 0. The van der Waals surface area contributed by atoms with E-state index in [-0.39, 0.29) is 5.41 Å². The fourth-order valence-corrected chi connectivity index (χ4v) is 1.31. The van der Waals surface area contributed by atoms with Gasteiger partial charge in [-0.2, -0.15) is 5.10 Å². The molecule has 0 saturated carbocycles. The standard InChI is InChI=1S/C12H20N2O2/c1-11(2,3)9-6-13-14(7-9)8-12(4,5)10(15)16/h6-7H,8H2,1-5H3,(H,15,16). The van der Waals surface area contributed by atoms with Crippen LogP contribution in [0.1, 0.15) is 40.2 Å². The molecule has 0 atom stereocenters. The first-order valence-electron chi connectivity index (χ1n) is 5.39. The Hall–Kier alpha value is -1.32. The summed E-state index contributed by atoms with van der Waals surface area (Å²) in [5, 5.41) is 13.2. The van der Waals surface area contributed by atoms with Crippen LogP contribution in [-0.2, 0) is 16.8 Å². The Morgan fingerprint density at radius 3 is 2.31 bits per heavy atom. The van der Waals surface area contributed by atoms with Crippen LogP contribution in [0.2, 0.25) is 0 Å². The number of carboxylic acid groups (broad SMARTS) is 1. The van der Waals surface area contributed by atoms with Crippen LogP contribution < -0.4 is 0 Å². The summed E-state index contributed by atoms with van der Waals surface area (Å²) in [4.78, 5) is 11.0. The second-order valence-corrected chi connectivity index (χ2v) is 5.87. The van der Waals surface area contributed by atoms with Crippen molar-refractivity contribution >= 4 is 5.97 Å². The highest BCUT2D eigenvalue weighted by atomic mass is 16.4. The third kappa shape index (κ3) is 2.84. The van der Waals surface area contributed by atoms with Crippen LogP contribution in [0.15, 0.2) is 12.4 Å². The summed E-state index contributed by atoms with van der Waals surface area (Å²) in [6.45, 7) is 10.1. The van der Waals surface area contributed by atoms with Crippen LogP contribution in [-0.4, -0.2) is 20.9 Å². The molecular formula is C12H20N2O2. The maximum absolute atomic E-state index is 11.0. The number of carbonyl (C=O) groups is 1. The van der Waals surface area contributed by atoms with Gasteiger partial charge < -0.3 is 5.11 Å².